The molecule has 2 atom stereocenters. The number of aryl methyl sites for hydroxylation is 1. The number of carbonyl (C=O) groups is 1. The van der Waals surface area contributed by atoms with Crippen molar-refractivity contribution < 1.29 is 27.4 Å². The largest absolute Gasteiger partial charge is 0.573 e. The van der Waals surface area contributed by atoms with E-state index in [1.165, 1.54) is 19.2 Å². The number of rotatable bonds is 8. The van der Waals surface area contributed by atoms with Gasteiger partial charge >= 0.3 is 6.36 Å². The van der Waals surface area contributed by atoms with E-state index in [2.05, 4.69) is 40.7 Å². The highest BCUT2D eigenvalue weighted by atomic mass is 19.4. The molecule has 1 aliphatic rings. The van der Waals surface area contributed by atoms with Gasteiger partial charge in [-0.1, -0.05) is 12.1 Å². The first-order chi connectivity index (χ1) is 18.7. The Hall–Kier alpha value is -4.46. The third kappa shape index (κ3) is 6.17. The molecule has 14 heteroatoms. The number of nitrogens with one attached hydrogen (secondary N) is 2. The average molecular weight is 543 g/mol. The number of halogens is 3. The lowest BCUT2D eigenvalue weighted by Gasteiger charge is -2.18. The molecule has 1 aromatic carbocycles. The van der Waals surface area contributed by atoms with E-state index >= 15 is 0 Å². The number of hydrogen-bond donors (Lipinski definition) is 2. The van der Waals surface area contributed by atoms with Crippen molar-refractivity contribution in [2.45, 2.75) is 24.9 Å². The second-order valence-electron chi connectivity index (χ2n) is 9.01. The Bertz CT molecular complexity index is 1460. The molecular weight excluding hydrogens is 517 g/mol. The summed E-state index contributed by atoms with van der Waals surface area (Å²) in [5.41, 5.74) is 1.01. The fraction of sp³-hybridized carbons (Fsp3) is 0.320. The zero-order chi connectivity index (χ0) is 27.6. The molecule has 0 saturated carbocycles. The van der Waals surface area contributed by atoms with Crippen molar-refractivity contribution in [2.75, 3.05) is 35.7 Å². The minimum Gasteiger partial charge on any atom is -0.406 e. The Morgan fingerprint density at radius 2 is 1.87 bits per heavy atom. The average Bonchev–Trinajstić information content (AvgIpc) is 3.51. The van der Waals surface area contributed by atoms with Crippen LogP contribution in [0.2, 0.25) is 0 Å². The summed E-state index contributed by atoms with van der Waals surface area (Å²) in [4.78, 5) is 14.9. The Balaban J connectivity index is 1.17. The second-order valence-corrected chi connectivity index (χ2v) is 9.01. The minimum atomic E-state index is -4.85. The molecule has 0 aliphatic carbocycles. The maximum atomic E-state index is 12.8. The first-order valence-electron chi connectivity index (χ1n) is 12.0. The summed E-state index contributed by atoms with van der Waals surface area (Å²) >= 11 is 0. The summed E-state index contributed by atoms with van der Waals surface area (Å²) in [5, 5.41) is 23.8. The molecule has 39 heavy (non-hydrogen) atoms. The van der Waals surface area contributed by atoms with Crippen molar-refractivity contribution >= 4 is 34.4 Å². The van der Waals surface area contributed by atoms with Gasteiger partial charge in [-0.05, 0) is 48.4 Å². The predicted octanol–water partition coefficient (Wildman–Crippen LogP) is 3.67. The van der Waals surface area contributed by atoms with Gasteiger partial charge in [0.1, 0.15) is 11.6 Å². The molecule has 4 heterocycles. The maximum absolute atomic E-state index is 12.8. The van der Waals surface area contributed by atoms with Crippen LogP contribution in [0.15, 0.2) is 54.7 Å². The van der Waals surface area contributed by atoms with Gasteiger partial charge in [-0.3, -0.25) is 4.79 Å². The number of nitrogens with zero attached hydrogens (tertiary/aromatic N) is 6. The Labute approximate surface area is 220 Å². The standard InChI is InChI=1S/C25H25F3N8O3/c1-35-10-8-16-13-21(33-34-23(16)35)36-11-9-17(14-36)29-19-6-7-20(32-31-19)30-24(37)22(38-2)15-4-3-5-18(12-15)39-25(26,27)28/h3-8,10,12-13,17,22H,9,11,14H2,1-2H3,(H,29,31)(H,30,32,37). The van der Waals surface area contributed by atoms with Crippen molar-refractivity contribution in [3.05, 3.63) is 60.3 Å². The first kappa shape index (κ1) is 26.2. The van der Waals surface area contributed by atoms with Crippen LogP contribution < -0.4 is 20.3 Å². The van der Waals surface area contributed by atoms with Gasteiger partial charge in [0.05, 0.1) is 0 Å². The topological polar surface area (TPSA) is 119 Å². The number of anilines is 3. The van der Waals surface area contributed by atoms with Crippen LogP contribution >= 0.6 is 0 Å². The molecule has 0 spiro atoms. The predicted molar refractivity (Wildman–Crippen MR) is 136 cm³/mol. The summed E-state index contributed by atoms with van der Waals surface area (Å²) in [6, 6.07) is 12.4. The Kier molecular flexibility index (Phi) is 7.19. The minimum absolute atomic E-state index is 0.108. The Morgan fingerprint density at radius 3 is 2.62 bits per heavy atom. The smallest absolute Gasteiger partial charge is 0.406 e. The van der Waals surface area contributed by atoms with Crippen LogP contribution in [0.1, 0.15) is 18.1 Å². The molecule has 2 unspecified atom stereocenters. The van der Waals surface area contributed by atoms with E-state index < -0.39 is 24.1 Å². The number of benzene rings is 1. The summed E-state index contributed by atoms with van der Waals surface area (Å²) in [5.74, 6) is 0.424. The van der Waals surface area contributed by atoms with E-state index in [1.54, 1.807) is 12.1 Å². The molecule has 0 radical (unpaired) electrons. The SMILES string of the molecule is COC(C(=O)Nc1ccc(NC2CCN(c3cc4ccn(C)c4nn3)C2)nn1)c1cccc(OC(F)(F)F)c1. The van der Waals surface area contributed by atoms with E-state index in [-0.39, 0.29) is 17.4 Å². The third-order valence-corrected chi connectivity index (χ3v) is 6.25. The van der Waals surface area contributed by atoms with E-state index in [1.807, 2.05) is 29.9 Å². The van der Waals surface area contributed by atoms with Crippen LogP contribution in [-0.4, -0.2) is 63.5 Å². The van der Waals surface area contributed by atoms with Crippen LogP contribution in [0.5, 0.6) is 5.75 Å². The number of ether oxygens (including phenoxy) is 2. The van der Waals surface area contributed by atoms with Crippen molar-refractivity contribution in [1.29, 1.82) is 0 Å². The van der Waals surface area contributed by atoms with Crippen LogP contribution in [0.4, 0.5) is 30.6 Å². The number of methoxy groups -OCH3 is 1. The zero-order valence-corrected chi connectivity index (χ0v) is 21.0. The van der Waals surface area contributed by atoms with Gasteiger partial charge in [-0.2, -0.15) is 0 Å². The molecule has 11 nitrogen and oxygen atoms in total. The van der Waals surface area contributed by atoms with Crippen LogP contribution in [0.25, 0.3) is 11.0 Å². The number of carbonyl (C=O) groups excluding carboxylic acids is 1. The van der Waals surface area contributed by atoms with Crippen molar-refractivity contribution in [2.24, 2.45) is 7.05 Å². The summed E-state index contributed by atoms with van der Waals surface area (Å²) in [6.45, 7) is 1.51. The molecule has 2 N–H and O–H groups in total. The summed E-state index contributed by atoms with van der Waals surface area (Å²) in [6.07, 6.45) is -3.23. The first-order valence-corrected chi connectivity index (χ1v) is 12.0. The van der Waals surface area contributed by atoms with Crippen molar-refractivity contribution in [1.82, 2.24) is 25.0 Å². The monoisotopic (exact) mass is 542 g/mol. The van der Waals surface area contributed by atoms with Gasteiger partial charge in [0.15, 0.2) is 23.4 Å². The van der Waals surface area contributed by atoms with Gasteiger partial charge in [0.2, 0.25) is 0 Å². The fourth-order valence-electron chi connectivity index (χ4n) is 4.44. The molecule has 5 rings (SSSR count). The molecule has 3 aromatic heterocycles. The number of hydrogen-bond acceptors (Lipinski definition) is 9. The summed E-state index contributed by atoms with van der Waals surface area (Å²) < 4.78 is 48.7. The van der Waals surface area contributed by atoms with Crippen LogP contribution in [0.3, 0.4) is 0 Å². The van der Waals surface area contributed by atoms with E-state index in [4.69, 9.17) is 4.74 Å². The van der Waals surface area contributed by atoms with Gasteiger partial charge in [-0.15, -0.1) is 33.6 Å². The third-order valence-electron chi connectivity index (χ3n) is 6.25. The molecule has 1 saturated heterocycles. The van der Waals surface area contributed by atoms with Gasteiger partial charge in [0.25, 0.3) is 5.91 Å². The van der Waals surface area contributed by atoms with Crippen LogP contribution in [0, 0.1) is 0 Å². The van der Waals surface area contributed by atoms with E-state index in [0.29, 0.717) is 12.4 Å². The number of alkyl halides is 3. The van der Waals surface area contributed by atoms with Crippen molar-refractivity contribution in [3.63, 3.8) is 0 Å². The molecule has 4 aromatic rings. The molecular formula is C25H25F3N8O3. The zero-order valence-electron chi connectivity index (χ0n) is 21.0. The lowest BCUT2D eigenvalue weighted by atomic mass is 10.1. The highest BCUT2D eigenvalue weighted by molar-refractivity contribution is 5.94. The number of aromatic nitrogens is 5. The molecule has 204 valence electrons. The Morgan fingerprint density at radius 1 is 1.08 bits per heavy atom. The number of amides is 1. The van der Waals surface area contributed by atoms with Gasteiger partial charge in [-0.25, -0.2) is 0 Å². The normalized spacial score (nSPS) is 16.3. The van der Waals surface area contributed by atoms with E-state index in [9.17, 15) is 18.0 Å². The van der Waals surface area contributed by atoms with E-state index in [0.717, 1.165) is 41.9 Å². The van der Waals surface area contributed by atoms with Gasteiger partial charge < -0.3 is 29.6 Å². The lowest BCUT2D eigenvalue weighted by molar-refractivity contribution is -0.274. The molecule has 1 amide bonds. The van der Waals surface area contributed by atoms with Gasteiger partial charge in [0, 0.05) is 44.9 Å². The fourth-order valence-corrected chi connectivity index (χ4v) is 4.44. The highest BCUT2D eigenvalue weighted by Gasteiger charge is 2.32. The van der Waals surface area contributed by atoms with Crippen molar-refractivity contribution in [3.8, 4) is 5.75 Å². The maximum Gasteiger partial charge on any atom is 0.573 e. The highest BCUT2D eigenvalue weighted by Crippen LogP contribution is 2.28. The molecule has 0 bridgehead atoms. The van der Waals surface area contributed by atoms with Crippen LogP contribution in [-0.2, 0) is 16.6 Å². The molecule has 1 fully saturated rings. The lowest BCUT2D eigenvalue weighted by Crippen LogP contribution is -2.27. The summed E-state index contributed by atoms with van der Waals surface area (Å²) in [7, 11) is 3.20. The second kappa shape index (κ2) is 10.7. The molecule has 1 aliphatic heterocycles. The number of fused-ring (bicyclic) bond motifs is 1. The quantitative estimate of drug-likeness (QED) is 0.344.